The van der Waals surface area contributed by atoms with Crippen molar-refractivity contribution in [2.45, 2.75) is 26.0 Å². The van der Waals surface area contributed by atoms with Crippen LogP contribution in [0.2, 0.25) is 5.02 Å². The molecule has 1 heterocycles. The van der Waals surface area contributed by atoms with E-state index in [0.717, 1.165) is 30.1 Å². The Kier molecular flexibility index (Phi) is 4.45. The van der Waals surface area contributed by atoms with Gasteiger partial charge < -0.3 is 14.9 Å². The van der Waals surface area contributed by atoms with Crippen LogP contribution < -0.4 is 5.32 Å². The van der Waals surface area contributed by atoms with Gasteiger partial charge in [0.1, 0.15) is 19.2 Å². The quantitative estimate of drug-likeness (QED) is 0.823. The number of hydrogen-bond donors (Lipinski definition) is 2. The predicted octanol–water partition coefficient (Wildman–Crippen LogP) is 1.51. The van der Waals surface area contributed by atoms with Gasteiger partial charge in [0.25, 0.3) is 0 Å². The van der Waals surface area contributed by atoms with E-state index in [-0.39, 0.29) is 12.0 Å². The van der Waals surface area contributed by atoms with Crippen LogP contribution in [0.1, 0.15) is 18.9 Å². The van der Waals surface area contributed by atoms with Crippen LogP contribution in [-0.2, 0) is 11.3 Å². The van der Waals surface area contributed by atoms with Crippen LogP contribution in [0.5, 0.6) is 0 Å². The molecule has 1 unspecified atom stereocenters. The molecule has 1 saturated heterocycles. The van der Waals surface area contributed by atoms with E-state index in [9.17, 15) is 9.90 Å². The Morgan fingerprint density at radius 2 is 2.37 bits per heavy atom. The maximum absolute atomic E-state index is 11.1. The molecule has 1 aromatic carbocycles. The molecule has 2 rings (SSSR count). The molecule has 0 bridgehead atoms. The molecule has 0 aromatic heterocycles. The zero-order valence-electron chi connectivity index (χ0n) is 11.1. The van der Waals surface area contributed by atoms with Gasteiger partial charge in [0.15, 0.2) is 6.67 Å². The molecule has 5 heteroatoms. The minimum atomic E-state index is -0.284. The first-order chi connectivity index (χ1) is 8.99. The van der Waals surface area contributed by atoms with Gasteiger partial charge >= 0.3 is 0 Å². The minimum absolute atomic E-state index is 0.0371. The average molecular weight is 284 g/mol. The van der Waals surface area contributed by atoms with E-state index < -0.39 is 0 Å². The molecule has 1 aliphatic rings. The molecule has 1 fully saturated rings. The Bertz CT molecular complexity index is 467. The second-order valence-electron chi connectivity index (χ2n) is 5.37. The number of nitrogens with zero attached hydrogens (tertiary/aromatic N) is 1. The summed E-state index contributed by atoms with van der Waals surface area (Å²) in [5.41, 5.74) is 1.13. The molecule has 104 valence electrons. The topological polar surface area (TPSA) is 49.3 Å². The zero-order valence-corrected chi connectivity index (χ0v) is 11.9. The lowest BCUT2D eigenvalue weighted by Gasteiger charge is -2.34. The van der Waals surface area contributed by atoms with Crippen LogP contribution in [0, 0.1) is 0 Å². The number of aliphatic hydroxyl groups excluding tert-OH is 1. The largest absolute Gasteiger partial charge is 0.387 e. The Labute approximate surface area is 118 Å². The van der Waals surface area contributed by atoms with E-state index in [1.807, 2.05) is 24.3 Å². The Morgan fingerprint density at radius 1 is 1.58 bits per heavy atom. The van der Waals surface area contributed by atoms with Crippen molar-refractivity contribution in [3.63, 3.8) is 0 Å². The fourth-order valence-electron chi connectivity index (χ4n) is 2.70. The SMILES string of the molecule is CC(=O)NC[N+]1(Cc2cccc(Cl)c2)CC[C@@H](O)C1. The maximum Gasteiger partial charge on any atom is 0.221 e. The number of aliphatic hydroxyl groups is 1. The highest BCUT2D eigenvalue weighted by atomic mass is 35.5. The van der Waals surface area contributed by atoms with Gasteiger partial charge in [-0.25, -0.2) is 0 Å². The second kappa shape index (κ2) is 5.90. The van der Waals surface area contributed by atoms with Crippen molar-refractivity contribution in [1.82, 2.24) is 5.32 Å². The summed E-state index contributed by atoms with van der Waals surface area (Å²) in [7, 11) is 0. The smallest absolute Gasteiger partial charge is 0.221 e. The molecule has 0 spiro atoms. The molecule has 0 saturated carbocycles. The normalized spacial score (nSPS) is 26.4. The first kappa shape index (κ1) is 14.3. The summed E-state index contributed by atoms with van der Waals surface area (Å²) in [6, 6.07) is 7.76. The Hall–Kier alpha value is -1.10. The second-order valence-corrected chi connectivity index (χ2v) is 5.81. The average Bonchev–Trinajstić information content (AvgIpc) is 2.69. The van der Waals surface area contributed by atoms with Crippen molar-refractivity contribution in [2.24, 2.45) is 0 Å². The van der Waals surface area contributed by atoms with E-state index in [4.69, 9.17) is 11.6 Å². The maximum atomic E-state index is 11.1. The first-order valence-corrected chi connectivity index (χ1v) is 6.89. The van der Waals surface area contributed by atoms with Crippen LogP contribution in [-0.4, -0.2) is 41.4 Å². The zero-order chi connectivity index (χ0) is 13.9. The monoisotopic (exact) mass is 283 g/mol. The van der Waals surface area contributed by atoms with Gasteiger partial charge in [0, 0.05) is 23.9 Å². The molecule has 19 heavy (non-hydrogen) atoms. The molecule has 4 nitrogen and oxygen atoms in total. The lowest BCUT2D eigenvalue weighted by molar-refractivity contribution is -0.932. The molecule has 2 N–H and O–H groups in total. The molecule has 1 aromatic rings. The third-order valence-corrected chi connectivity index (χ3v) is 3.84. The number of hydrogen-bond acceptors (Lipinski definition) is 2. The predicted molar refractivity (Wildman–Crippen MR) is 74.5 cm³/mol. The fourth-order valence-corrected chi connectivity index (χ4v) is 2.91. The van der Waals surface area contributed by atoms with Crippen LogP contribution >= 0.6 is 11.6 Å². The van der Waals surface area contributed by atoms with Gasteiger partial charge in [-0.2, -0.15) is 0 Å². The van der Waals surface area contributed by atoms with Crippen LogP contribution in [0.25, 0.3) is 0 Å². The highest BCUT2D eigenvalue weighted by Gasteiger charge is 2.37. The number of quaternary nitrogens is 1. The van der Waals surface area contributed by atoms with Gasteiger partial charge in [-0.05, 0) is 12.1 Å². The van der Waals surface area contributed by atoms with Crippen molar-refractivity contribution < 1.29 is 14.4 Å². The van der Waals surface area contributed by atoms with Crippen LogP contribution in [0.15, 0.2) is 24.3 Å². The van der Waals surface area contributed by atoms with E-state index in [1.165, 1.54) is 6.92 Å². The van der Waals surface area contributed by atoms with Gasteiger partial charge in [0.2, 0.25) is 5.91 Å². The van der Waals surface area contributed by atoms with Crippen molar-refractivity contribution in [3.05, 3.63) is 34.9 Å². The third-order valence-electron chi connectivity index (χ3n) is 3.61. The number of rotatable bonds is 4. The summed E-state index contributed by atoms with van der Waals surface area (Å²) in [5.74, 6) is -0.0371. The highest BCUT2D eigenvalue weighted by Crippen LogP contribution is 2.24. The lowest BCUT2D eigenvalue weighted by Crippen LogP contribution is -2.52. The van der Waals surface area contributed by atoms with Crippen molar-refractivity contribution in [2.75, 3.05) is 19.8 Å². The van der Waals surface area contributed by atoms with Crippen LogP contribution in [0.3, 0.4) is 0 Å². The number of amides is 1. The number of carbonyl (C=O) groups is 1. The van der Waals surface area contributed by atoms with E-state index in [2.05, 4.69) is 5.32 Å². The summed E-state index contributed by atoms with van der Waals surface area (Å²) in [4.78, 5) is 11.1. The minimum Gasteiger partial charge on any atom is -0.387 e. The van der Waals surface area contributed by atoms with Gasteiger partial charge in [-0.3, -0.25) is 4.79 Å². The summed E-state index contributed by atoms with van der Waals surface area (Å²) in [6.45, 7) is 4.39. The number of halogens is 1. The summed E-state index contributed by atoms with van der Waals surface area (Å²) in [6.07, 6.45) is 0.494. The van der Waals surface area contributed by atoms with Crippen molar-refractivity contribution in [1.29, 1.82) is 0 Å². The highest BCUT2D eigenvalue weighted by molar-refractivity contribution is 6.30. The third kappa shape index (κ3) is 3.93. The first-order valence-electron chi connectivity index (χ1n) is 6.51. The molecule has 1 aliphatic heterocycles. The Morgan fingerprint density at radius 3 is 2.95 bits per heavy atom. The number of carbonyl (C=O) groups excluding carboxylic acids is 1. The number of likely N-dealkylation sites (tertiary alicyclic amines) is 1. The van der Waals surface area contributed by atoms with E-state index in [0.29, 0.717) is 17.7 Å². The molecular formula is C14H20ClN2O2+. The Balaban J connectivity index is 2.12. The lowest BCUT2D eigenvalue weighted by atomic mass is 10.2. The summed E-state index contributed by atoms with van der Waals surface area (Å²) >= 11 is 6.01. The van der Waals surface area contributed by atoms with E-state index in [1.54, 1.807) is 0 Å². The van der Waals surface area contributed by atoms with E-state index >= 15 is 0 Å². The standard InChI is InChI=1S/C14H19ClN2O2/c1-11(18)16-10-17(6-5-14(19)9-17)8-12-3-2-4-13(15)7-12/h2-4,7,14,19H,5-6,8-10H2,1H3/p+1/t14-,17?/m1/s1. The summed E-state index contributed by atoms with van der Waals surface area (Å²) < 4.78 is 0.682. The molecule has 1 amide bonds. The molecular weight excluding hydrogens is 264 g/mol. The van der Waals surface area contributed by atoms with Gasteiger partial charge in [-0.1, -0.05) is 23.7 Å². The molecule has 0 radical (unpaired) electrons. The number of benzene rings is 1. The molecule has 2 atom stereocenters. The van der Waals surface area contributed by atoms with Gasteiger partial charge in [0.05, 0.1) is 6.54 Å². The van der Waals surface area contributed by atoms with Crippen molar-refractivity contribution >= 4 is 17.5 Å². The fraction of sp³-hybridized carbons (Fsp3) is 0.500. The van der Waals surface area contributed by atoms with Gasteiger partial charge in [-0.15, -0.1) is 0 Å². The summed E-state index contributed by atoms with van der Waals surface area (Å²) in [5, 5.41) is 13.4. The number of nitrogens with one attached hydrogen (secondary N) is 1. The van der Waals surface area contributed by atoms with Crippen LogP contribution in [0.4, 0.5) is 0 Å². The molecule has 0 aliphatic carbocycles. The van der Waals surface area contributed by atoms with Crippen molar-refractivity contribution in [3.8, 4) is 0 Å².